The zero-order chi connectivity index (χ0) is 16.6. The van der Waals surface area contributed by atoms with Crippen molar-refractivity contribution in [3.63, 3.8) is 0 Å². The van der Waals surface area contributed by atoms with E-state index in [1.165, 1.54) is 0 Å². The van der Waals surface area contributed by atoms with E-state index in [0.29, 0.717) is 30.5 Å². The maximum Gasteiger partial charge on any atom is 0.153 e. The fourth-order valence-corrected chi connectivity index (χ4v) is 8.02. The fourth-order valence-electron chi connectivity index (χ4n) is 8.02. The van der Waals surface area contributed by atoms with E-state index in [1.54, 1.807) is 0 Å². The van der Waals surface area contributed by atoms with Gasteiger partial charge in [-0.1, -0.05) is 27.7 Å². The van der Waals surface area contributed by atoms with E-state index in [9.17, 15) is 14.4 Å². The summed E-state index contributed by atoms with van der Waals surface area (Å²) in [5.41, 5.74) is -1.35. The summed E-state index contributed by atoms with van der Waals surface area (Å²) in [5, 5.41) is 0. The summed E-state index contributed by atoms with van der Waals surface area (Å²) in [6.07, 6.45) is 4.07. The van der Waals surface area contributed by atoms with Gasteiger partial charge in [0.2, 0.25) is 0 Å². The van der Waals surface area contributed by atoms with Gasteiger partial charge in [0.25, 0.3) is 0 Å². The van der Waals surface area contributed by atoms with Crippen molar-refractivity contribution < 1.29 is 14.4 Å². The van der Waals surface area contributed by atoms with Gasteiger partial charge < -0.3 is 0 Å². The molecular weight excluding hydrogens is 288 g/mol. The first kappa shape index (κ1) is 14.4. The van der Waals surface area contributed by atoms with Crippen molar-refractivity contribution in [1.29, 1.82) is 0 Å². The molecule has 6 rings (SSSR count). The molecule has 0 aromatic rings. The van der Waals surface area contributed by atoms with Crippen LogP contribution < -0.4 is 0 Å². The van der Waals surface area contributed by atoms with E-state index in [0.717, 1.165) is 19.3 Å². The molecule has 0 heterocycles. The average Bonchev–Trinajstić information content (AvgIpc) is 3.07. The molecule has 1 unspecified atom stereocenters. The van der Waals surface area contributed by atoms with Gasteiger partial charge in [0, 0.05) is 23.2 Å². The first-order chi connectivity index (χ1) is 10.6. The van der Waals surface area contributed by atoms with Gasteiger partial charge in [0.15, 0.2) is 11.6 Å². The molecule has 3 nitrogen and oxygen atoms in total. The van der Waals surface area contributed by atoms with Gasteiger partial charge in [-0.3, -0.25) is 14.4 Å². The summed E-state index contributed by atoms with van der Waals surface area (Å²) in [6, 6.07) is 0. The second-order valence-corrected chi connectivity index (χ2v) is 10.1. The standard InChI is InChI=1S/C20H26O3/c1-17(2)11-5-8-20-12(18(11,3)7-6-13(17)21)9-10-14(15(20)22)19(10,4)16(20)23/h10-12,14H,5-9H2,1-4H3/t10-,11-,12+,14?,18-,19-,20+/m1/s1. The van der Waals surface area contributed by atoms with Crippen LogP contribution in [0.25, 0.3) is 0 Å². The lowest BCUT2D eigenvalue weighted by molar-refractivity contribution is -0.181. The van der Waals surface area contributed by atoms with E-state index in [2.05, 4.69) is 20.8 Å². The molecule has 6 saturated carbocycles. The smallest absolute Gasteiger partial charge is 0.153 e. The molecule has 6 aliphatic carbocycles. The molecule has 0 amide bonds. The molecule has 0 aliphatic heterocycles. The van der Waals surface area contributed by atoms with Crippen LogP contribution in [0.2, 0.25) is 0 Å². The van der Waals surface area contributed by atoms with Crippen molar-refractivity contribution in [3.8, 4) is 0 Å². The summed E-state index contributed by atoms with van der Waals surface area (Å²) in [6.45, 7) is 8.51. The highest BCUT2D eigenvalue weighted by molar-refractivity contribution is 6.22. The van der Waals surface area contributed by atoms with Gasteiger partial charge in [-0.25, -0.2) is 0 Å². The van der Waals surface area contributed by atoms with Crippen LogP contribution in [-0.2, 0) is 14.4 Å². The highest BCUT2D eigenvalue weighted by Gasteiger charge is 2.87. The number of carbonyl (C=O) groups excluding carboxylic acids is 3. The molecule has 1 spiro atoms. The van der Waals surface area contributed by atoms with Crippen LogP contribution in [0.1, 0.15) is 59.8 Å². The Hall–Kier alpha value is -0.990. The molecule has 0 aromatic carbocycles. The summed E-state index contributed by atoms with van der Waals surface area (Å²) >= 11 is 0. The predicted molar refractivity (Wildman–Crippen MR) is 84.5 cm³/mol. The molecule has 0 radical (unpaired) electrons. The third-order valence-electron chi connectivity index (χ3n) is 9.31. The second-order valence-electron chi connectivity index (χ2n) is 10.1. The lowest BCUT2D eigenvalue weighted by Crippen LogP contribution is -2.64. The number of Topliss-reactive ketones (excluding diaryl/α,β-unsaturated/α-hetero) is 3. The second kappa shape index (κ2) is 3.50. The summed E-state index contributed by atoms with van der Waals surface area (Å²) in [4.78, 5) is 38.9. The maximum atomic E-state index is 13.3. The van der Waals surface area contributed by atoms with E-state index in [-0.39, 0.29) is 39.6 Å². The van der Waals surface area contributed by atoms with Crippen LogP contribution in [-0.4, -0.2) is 17.3 Å². The molecule has 0 saturated heterocycles. The molecule has 6 aliphatic rings. The largest absolute Gasteiger partial charge is 0.299 e. The minimum absolute atomic E-state index is 0.0319. The number of hydrogen-bond donors (Lipinski definition) is 0. The Morgan fingerprint density at radius 3 is 2.26 bits per heavy atom. The average molecular weight is 314 g/mol. The van der Waals surface area contributed by atoms with E-state index in [4.69, 9.17) is 0 Å². The van der Waals surface area contributed by atoms with Crippen molar-refractivity contribution >= 4 is 17.3 Å². The molecule has 23 heavy (non-hydrogen) atoms. The summed E-state index contributed by atoms with van der Waals surface area (Å²) in [5.74, 6) is 1.74. The summed E-state index contributed by atoms with van der Waals surface area (Å²) in [7, 11) is 0. The van der Waals surface area contributed by atoms with Gasteiger partial charge in [-0.15, -0.1) is 0 Å². The molecule has 7 atom stereocenters. The molecule has 0 N–H and O–H groups in total. The van der Waals surface area contributed by atoms with Crippen LogP contribution in [0.5, 0.6) is 0 Å². The Balaban J connectivity index is 1.65. The van der Waals surface area contributed by atoms with Crippen LogP contribution in [0.15, 0.2) is 0 Å². The molecule has 4 bridgehead atoms. The van der Waals surface area contributed by atoms with E-state index < -0.39 is 5.41 Å². The number of hydrogen-bond acceptors (Lipinski definition) is 3. The highest BCUT2D eigenvalue weighted by Crippen LogP contribution is 2.82. The number of fused-ring (bicyclic) bond motifs is 1. The zero-order valence-electron chi connectivity index (χ0n) is 14.6. The first-order valence-electron chi connectivity index (χ1n) is 9.25. The van der Waals surface area contributed by atoms with Crippen LogP contribution in [0.4, 0.5) is 0 Å². The number of rotatable bonds is 0. The van der Waals surface area contributed by atoms with Crippen molar-refractivity contribution in [2.24, 2.45) is 45.3 Å². The van der Waals surface area contributed by atoms with Crippen molar-refractivity contribution in [2.75, 3.05) is 0 Å². The van der Waals surface area contributed by atoms with Gasteiger partial charge in [0.05, 0.1) is 5.41 Å². The third-order valence-corrected chi connectivity index (χ3v) is 9.31. The Labute approximate surface area is 137 Å². The van der Waals surface area contributed by atoms with Crippen LogP contribution in [0, 0.1) is 45.3 Å². The predicted octanol–water partition coefficient (Wildman–Crippen LogP) is 3.20. The molecule has 124 valence electrons. The Bertz CT molecular complexity index is 691. The quantitative estimate of drug-likeness (QED) is 0.645. The van der Waals surface area contributed by atoms with Gasteiger partial charge in [0.1, 0.15) is 5.78 Å². The normalized spacial score (nSPS) is 58.7. The minimum atomic E-state index is -0.685. The maximum absolute atomic E-state index is 13.3. The highest BCUT2D eigenvalue weighted by atomic mass is 16.2. The fraction of sp³-hybridized carbons (Fsp3) is 0.850. The molecule has 6 fully saturated rings. The Morgan fingerprint density at radius 1 is 0.957 bits per heavy atom. The molecular formula is C20H26O3. The van der Waals surface area contributed by atoms with E-state index in [1.807, 2.05) is 6.92 Å². The Kier molecular flexibility index (Phi) is 2.19. The molecule has 3 heteroatoms. The third kappa shape index (κ3) is 1.16. The van der Waals surface area contributed by atoms with Crippen LogP contribution >= 0.6 is 0 Å². The Morgan fingerprint density at radius 2 is 1.65 bits per heavy atom. The van der Waals surface area contributed by atoms with Crippen molar-refractivity contribution in [2.45, 2.75) is 59.8 Å². The van der Waals surface area contributed by atoms with Crippen LogP contribution in [0.3, 0.4) is 0 Å². The topological polar surface area (TPSA) is 51.2 Å². The van der Waals surface area contributed by atoms with Crippen molar-refractivity contribution in [3.05, 3.63) is 0 Å². The van der Waals surface area contributed by atoms with Crippen molar-refractivity contribution in [1.82, 2.24) is 0 Å². The monoisotopic (exact) mass is 314 g/mol. The minimum Gasteiger partial charge on any atom is -0.299 e. The SMILES string of the molecule is CC1(C)C(=O)CC[C@]2(C)[C@@H]1CC[C@@]13C(=O)C4[C@@H](C[C@H]12)[C@@]4(C)C3=O. The lowest BCUT2D eigenvalue weighted by atomic mass is 9.39. The number of carbonyl (C=O) groups is 3. The van der Waals surface area contributed by atoms with Gasteiger partial charge in [-0.2, -0.15) is 0 Å². The zero-order valence-corrected chi connectivity index (χ0v) is 14.6. The lowest BCUT2D eigenvalue weighted by Gasteiger charge is -2.63. The van der Waals surface area contributed by atoms with Gasteiger partial charge in [-0.05, 0) is 48.9 Å². The van der Waals surface area contributed by atoms with E-state index >= 15 is 0 Å². The summed E-state index contributed by atoms with van der Waals surface area (Å²) < 4.78 is 0. The van der Waals surface area contributed by atoms with Gasteiger partial charge >= 0.3 is 0 Å². The molecule has 0 aromatic heterocycles. The number of ketones is 3. The first-order valence-corrected chi connectivity index (χ1v) is 9.25.